The van der Waals surface area contributed by atoms with Crippen LogP contribution in [0, 0.1) is 0 Å². The Morgan fingerprint density at radius 3 is 2.73 bits per heavy atom. The first kappa shape index (κ1) is 16.5. The Balaban J connectivity index is 1.90. The maximum Gasteiger partial charge on any atom is 0.416 e. The third-order valence-corrected chi connectivity index (χ3v) is 3.78. The lowest BCUT2D eigenvalue weighted by molar-refractivity contribution is -0.137. The van der Waals surface area contributed by atoms with Gasteiger partial charge in [-0.2, -0.15) is 24.5 Å². The number of carbonyl (C=O) groups excluding carboxylic acids is 1. The SMILES string of the molecule is O=C(NCCC(O)c1ccsc1)c1cccc(C(F)(F)F)c1. The topological polar surface area (TPSA) is 49.3 Å². The molecule has 0 saturated carbocycles. The Morgan fingerprint density at radius 2 is 2.09 bits per heavy atom. The summed E-state index contributed by atoms with van der Waals surface area (Å²) >= 11 is 1.45. The normalized spacial score (nSPS) is 12.9. The van der Waals surface area contributed by atoms with E-state index in [1.807, 2.05) is 5.38 Å². The summed E-state index contributed by atoms with van der Waals surface area (Å²) in [5.41, 5.74) is -0.156. The summed E-state index contributed by atoms with van der Waals surface area (Å²) in [7, 11) is 0. The van der Waals surface area contributed by atoms with Crippen molar-refractivity contribution in [2.24, 2.45) is 0 Å². The number of benzene rings is 1. The van der Waals surface area contributed by atoms with Crippen LogP contribution in [0.2, 0.25) is 0 Å². The molecule has 0 radical (unpaired) electrons. The molecule has 22 heavy (non-hydrogen) atoms. The summed E-state index contributed by atoms with van der Waals surface area (Å²) in [6.45, 7) is 0.173. The van der Waals surface area contributed by atoms with Gasteiger partial charge in [-0.05, 0) is 47.0 Å². The molecule has 0 saturated heterocycles. The fourth-order valence-electron chi connectivity index (χ4n) is 1.89. The van der Waals surface area contributed by atoms with Crippen LogP contribution in [0.25, 0.3) is 0 Å². The number of nitrogens with one attached hydrogen (secondary N) is 1. The Morgan fingerprint density at radius 1 is 1.32 bits per heavy atom. The average Bonchev–Trinajstić information content (AvgIpc) is 3.00. The number of rotatable bonds is 5. The Hall–Kier alpha value is -1.86. The molecule has 118 valence electrons. The first-order chi connectivity index (χ1) is 10.4. The summed E-state index contributed by atoms with van der Waals surface area (Å²) in [4.78, 5) is 11.8. The van der Waals surface area contributed by atoms with Gasteiger partial charge < -0.3 is 10.4 Å². The highest BCUT2D eigenvalue weighted by Gasteiger charge is 2.30. The van der Waals surface area contributed by atoms with Crippen LogP contribution in [0.3, 0.4) is 0 Å². The Labute approximate surface area is 129 Å². The summed E-state index contributed by atoms with van der Waals surface area (Å²) in [6.07, 6.45) is -4.89. The molecule has 7 heteroatoms. The van der Waals surface area contributed by atoms with Crippen molar-refractivity contribution in [3.63, 3.8) is 0 Å². The van der Waals surface area contributed by atoms with Gasteiger partial charge in [0.1, 0.15) is 0 Å². The number of hydrogen-bond donors (Lipinski definition) is 2. The van der Waals surface area contributed by atoms with Crippen LogP contribution in [-0.2, 0) is 6.18 Å². The van der Waals surface area contributed by atoms with Gasteiger partial charge in [0.05, 0.1) is 11.7 Å². The number of amides is 1. The summed E-state index contributed by atoms with van der Waals surface area (Å²) < 4.78 is 37.7. The monoisotopic (exact) mass is 329 g/mol. The van der Waals surface area contributed by atoms with Crippen LogP contribution in [0.4, 0.5) is 13.2 Å². The molecule has 2 N–H and O–H groups in total. The molecule has 1 amide bonds. The van der Waals surface area contributed by atoms with E-state index in [4.69, 9.17) is 0 Å². The lowest BCUT2D eigenvalue weighted by atomic mass is 10.1. The third-order valence-electron chi connectivity index (χ3n) is 3.08. The molecule has 1 heterocycles. The van der Waals surface area contributed by atoms with E-state index >= 15 is 0 Å². The van der Waals surface area contributed by atoms with E-state index in [-0.39, 0.29) is 12.1 Å². The molecule has 0 fully saturated rings. The number of carbonyl (C=O) groups is 1. The van der Waals surface area contributed by atoms with Crippen molar-refractivity contribution in [1.82, 2.24) is 5.32 Å². The Kier molecular flexibility index (Phi) is 5.20. The van der Waals surface area contributed by atoms with Gasteiger partial charge in [0.25, 0.3) is 5.91 Å². The zero-order chi connectivity index (χ0) is 16.2. The average molecular weight is 329 g/mol. The van der Waals surface area contributed by atoms with Crippen LogP contribution in [0.5, 0.6) is 0 Å². The zero-order valence-electron chi connectivity index (χ0n) is 11.4. The van der Waals surface area contributed by atoms with Gasteiger partial charge in [-0.25, -0.2) is 0 Å². The second kappa shape index (κ2) is 6.93. The van der Waals surface area contributed by atoms with Crippen LogP contribution in [-0.4, -0.2) is 17.6 Å². The first-order valence-electron chi connectivity index (χ1n) is 6.53. The summed E-state index contributed by atoms with van der Waals surface area (Å²) in [6, 6.07) is 6.02. The standard InChI is InChI=1S/C15H14F3NO2S/c16-15(17,18)12-3-1-2-10(8-12)14(21)19-6-4-13(20)11-5-7-22-9-11/h1-3,5,7-9,13,20H,4,6H2,(H,19,21). The van der Waals surface area contributed by atoms with Crippen LogP contribution in [0.15, 0.2) is 41.1 Å². The third kappa shape index (κ3) is 4.32. The molecular formula is C15H14F3NO2S. The molecule has 0 aliphatic rings. The van der Waals surface area contributed by atoms with Crippen LogP contribution in [0.1, 0.15) is 34.0 Å². The van der Waals surface area contributed by atoms with Crippen LogP contribution < -0.4 is 5.32 Å². The van der Waals surface area contributed by atoms with E-state index in [1.54, 1.807) is 11.4 Å². The minimum atomic E-state index is -4.48. The number of thiophene rings is 1. The lowest BCUT2D eigenvalue weighted by Crippen LogP contribution is -2.26. The number of hydrogen-bond acceptors (Lipinski definition) is 3. The highest BCUT2D eigenvalue weighted by molar-refractivity contribution is 7.07. The zero-order valence-corrected chi connectivity index (χ0v) is 12.2. The molecule has 0 aliphatic heterocycles. The fraction of sp³-hybridized carbons (Fsp3) is 0.267. The molecule has 0 spiro atoms. The molecule has 2 aromatic rings. The van der Waals surface area contributed by atoms with E-state index in [9.17, 15) is 23.1 Å². The van der Waals surface area contributed by atoms with Gasteiger partial charge in [0.15, 0.2) is 0 Å². The maximum atomic E-state index is 12.6. The van der Waals surface area contributed by atoms with Crippen molar-refractivity contribution in [3.8, 4) is 0 Å². The number of halogens is 3. The van der Waals surface area contributed by atoms with Gasteiger partial charge in [0.2, 0.25) is 0 Å². The minimum Gasteiger partial charge on any atom is -0.388 e. The first-order valence-corrected chi connectivity index (χ1v) is 7.48. The van der Waals surface area contributed by atoms with Crippen molar-refractivity contribution in [2.45, 2.75) is 18.7 Å². The van der Waals surface area contributed by atoms with Gasteiger partial charge >= 0.3 is 6.18 Å². The molecule has 0 bridgehead atoms. The second-order valence-corrected chi connectivity index (χ2v) is 5.48. The van der Waals surface area contributed by atoms with Crippen LogP contribution >= 0.6 is 11.3 Å². The van der Waals surface area contributed by atoms with Gasteiger partial charge in [-0.15, -0.1) is 0 Å². The molecule has 1 aromatic heterocycles. The molecule has 3 nitrogen and oxygen atoms in total. The summed E-state index contributed by atoms with van der Waals surface area (Å²) in [5, 5.41) is 16.0. The predicted octanol–water partition coefficient (Wildman–Crippen LogP) is 3.62. The minimum absolute atomic E-state index is 0.0557. The molecule has 1 aromatic carbocycles. The van der Waals surface area contributed by atoms with Crippen molar-refractivity contribution in [3.05, 3.63) is 57.8 Å². The summed E-state index contributed by atoms with van der Waals surface area (Å²) in [5.74, 6) is -0.594. The molecular weight excluding hydrogens is 315 g/mol. The second-order valence-electron chi connectivity index (χ2n) is 4.70. The van der Waals surface area contributed by atoms with Gasteiger partial charge in [0, 0.05) is 12.1 Å². The molecule has 1 atom stereocenters. The van der Waals surface area contributed by atoms with Crippen molar-refractivity contribution < 1.29 is 23.1 Å². The highest BCUT2D eigenvalue weighted by atomic mass is 32.1. The molecule has 2 rings (SSSR count). The predicted molar refractivity (Wildman–Crippen MR) is 77.7 cm³/mol. The lowest BCUT2D eigenvalue weighted by Gasteiger charge is -2.11. The maximum absolute atomic E-state index is 12.6. The van der Waals surface area contributed by atoms with E-state index in [0.717, 1.165) is 17.7 Å². The molecule has 1 unspecified atom stereocenters. The van der Waals surface area contributed by atoms with E-state index in [1.165, 1.54) is 23.5 Å². The van der Waals surface area contributed by atoms with E-state index in [2.05, 4.69) is 5.32 Å². The van der Waals surface area contributed by atoms with Gasteiger partial charge in [-0.1, -0.05) is 6.07 Å². The smallest absolute Gasteiger partial charge is 0.388 e. The molecule has 0 aliphatic carbocycles. The highest BCUT2D eigenvalue weighted by Crippen LogP contribution is 2.29. The van der Waals surface area contributed by atoms with Crippen molar-refractivity contribution >= 4 is 17.2 Å². The van der Waals surface area contributed by atoms with Gasteiger partial charge in [-0.3, -0.25) is 4.79 Å². The fourth-order valence-corrected chi connectivity index (χ4v) is 2.60. The quantitative estimate of drug-likeness (QED) is 0.880. The van der Waals surface area contributed by atoms with Crippen molar-refractivity contribution in [1.29, 1.82) is 0 Å². The number of aliphatic hydroxyl groups is 1. The largest absolute Gasteiger partial charge is 0.416 e. The van der Waals surface area contributed by atoms with E-state index < -0.39 is 23.8 Å². The number of aliphatic hydroxyl groups excluding tert-OH is 1. The Bertz CT molecular complexity index is 626. The number of alkyl halides is 3. The van der Waals surface area contributed by atoms with Crippen molar-refractivity contribution in [2.75, 3.05) is 6.54 Å². The van der Waals surface area contributed by atoms with E-state index in [0.29, 0.717) is 6.42 Å².